The summed E-state index contributed by atoms with van der Waals surface area (Å²) in [5.74, 6) is 0.547. The van der Waals surface area contributed by atoms with Crippen molar-refractivity contribution in [1.29, 1.82) is 0 Å². The van der Waals surface area contributed by atoms with E-state index in [4.69, 9.17) is 23.9 Å². The van der Waals surface area contributed by atoms with Crippen molar-refractivity contribution < 1.29 is 37.8 Å². The Morgan fingerprint density at radius 1 is 1.24 bits per heavy atom. The third kappa shape index (κ3) is 8.64. The fourth-order valence-corrected chi connectivity index (χ4v) is 7.77. The number of unbranched alkanes of at least 4 members (excludes halogenated alkanes) is 1. The Kier molecular flexibility index (Phi) is 11.7. The van der Waals surface area contributed by atoms with Crippen molar-refractivity contribution in [2.75, 3.05) is 37.4 Å². The molecule has 248 valence electrons. The predicted octanol–water partition coefficient (Wildman–Crippen LogP) is 3.11. The van der Waals surface area contributed by atoms with Gasteiger partial charge in [0.1, 0.15) is 29.6 Å². The number of aliphatic hydroxyl groups excluding tert-OH is 1. The van der Waals surface area contributed by atoms with Gasteiger partial charge in [0, 0.05) is 13.2 Å². The molecule has 1 aromatic carbocycles. The molecule has 2 aromatic heterocycles. The Balaban J connectivity index is 1.42. The molecule has 0 bridgehead atoms. The lowest BCUT2D eigenvalue weighted by Gasteiger charge is -2.27. The topological polar surface area (TPSA) is 205 Å². The number of nitrogens with one attached hydrogen (secondary N) is 2. The van der Waals surface area contributed by atoms with Crippen molar-refractivity contribution in [2.24, 2.45) is 0 Å². The molecular formula is C28H42N7O8PS. The van der Waals surface area contributed by atoms with E-state index in [1.54, 1.807) is 52.1 Å². The van der Waals surface area contributed by atoms with Crippen LogP contribution in [-0.4, -0.2) is 92.0 Å². The van der Waals surface area contributed by atoms with Gasteiger partial charge in [-0.25, -0.2) is 4.98 Å². The third-order valence-electron chi connectivity index (χ3n) is 7.12. The van der Waals surface area contributed by atoms with Crippen LogP contribution in [0.3, 0.4) is 0 Å². The monoisotopic (exact) mass is 667 g/mol. The molecule has 1 aliphatic heterocycles. The number of rotatable bonds is 16. The number of hydrogen-bond donors (Lipinski definition) is 5. The minimum atomic E-state index is -3.51. The summed E-state index contributed by atoms with van der Waals surface area (Å²) in [6.45, 7) is 3.43. The van der Waals surface area contributed by atoms with Gasteiger partial charge in [-0.2, -0.15) is 9.97 Å². The van der Waals surface area contributed by atoms with Crippen LogP contribution in [0.1, 0.15) is 46.8 Å². The molecule has 1 saturated heterocycles. The number of ether oxygens (including phenoxy) is 2. The number of nitrogen functional groups attached to an aromatic ring is 1. The number of anilines is 2. The summed E-state index contributed by atoms with van der Waals surface area (Å²) in [5.41, 5.74) is 4.78. The molecule has 0 saturated carbocycles. The maximum absolute atomic E-state index is 14.0. The molecule has 17 heteroatoms. The average Bonchev–Trinajstić information content (AvgIpc) is 3.51. The Morgan fingerprint density at radius 3 is 2.67 bits per heavy atom. The largest absolute Gasteiger partial charge is 0.462 e. The standard InChI is InChI=1S/C28H42N7O8PS/c1-17(2)41-25(37)18(3)31-13-9-10-14-44(39,45-43-19-11-7-6-8-12-19)40-15-20-22(36)28(4,38)26(42-20)35-16-32-21-23(30-5)33-27(29)34-24(21)35/h6-8,11-12,16-18,20,22,26,31,36,38H,9-10,13-15H2,1-5H3,(H3,29,30,33,34)/t18-,20+,22+,26+,28+,44?/m0/s1. The molecule has 45 heavy (non-hydrogen) atoms. The summed E-state index contributed by atoms with van der Waals surface area (Å²) in [7, 11) is 1.66. The maximum Gasteiger partial charge on any atom is 0.323 e. The lowest BCUT2D eigenvalue weighted by atomic mass is 9.96. The highest BCUT2D eigenvalue weighted by Crippen LogP contribution is 2.60. The Labute approximate surface area is 266 Å². The smallest absolute Gasteiger partial charge is 0.323 e. The first-order valence-electron chi connectivity index (χ1n) is 14.7. The van der Waals surface area contributed by atoms with Gasteiger partial charge in [0.15, 0.2) is 34.9 Å². The minimum Gasteiger partial charge on any atom is -0.462 e. The van der Waals surface area contributed by atoms with E-state index in [1.807, 2.05) is 6.07 Å². The number of esters is 1. The quantitative estimate of drug-likeness (QED) is 0.0644. The van der Waals surface area contributed by atoms with Crippen molar-refractivity contribution in [2.45, 2.75) is 76.7 Å². The summed E-state index contributed by atoms with van der Waals surface area (Å²) < 4.78 is 38.4. The van der Waals surface area contributed by atoms with Crippen LogP contribution in [0.5, 0.6) is 5.75 Å². The molecule has 0 radical (unpaired) electrons. The highest BCUT2D eigenvalue weighted by Gasteiger charge is 2.54. The van der Waals surface area contributed by atoms with E-state index in [0.717, 1.165) is 11.7 Å². The molecule has 4 rings (SSSR count). The van der Waals surface area contributed by atoms with E-state index < -0.39 is 36.6 Å². The summed E-state index contributed by atoms with van der Waals surface area (Å²) in [6, 6.07) is 8.41. The van der Waals surface area contributed by atoms with Crippen LogP contribution in [-0.2, 0) is 23.4 Å². The molecule has 0 aliphatic carbocycles. The number of imidazole rings is 1. The van der Waals surface area contributed by atoms with Crippen LogP contribution < -0.4 is 20.6 Å². The molecule has 1 aliphatic rings. The predicted molar refractivity (Wildman–Crippen MR) is 171 cm³/mol. The van der Waals surface area contributed by atoms with Crippen molar-refractivity contribution in [3.63, 3.8) is 0 Å². The number of carbonyl (C=O) groups is 1. The molecule has 1 unspecified atom stereocenters. The lowest BCUT2D eigenvalue weighted by Crippen LogP contribution is -2.44. The summed E-state index contributed by atoms with van der Waals surface area (Å²) in [4.78, 5) is 24.8. The van der Waals surface area contributed by atoms with Gasteiger partial charge >= 0.3 is 5.97 Å². The van der Waals surface area contributed by atoms with Crippen molar-refractivity contribution in [3.05, 3.63) is 36.7 Å². The molecule has 15 nitrogen and oxygen atoms in total. The average molecular weight is 668 g/mol. The second-order valence-corrected chi connectivity index (χ2v) is 15.5. The van der Waals surface area contributed by atoms with Gasteiger partial charge in [-0.3, -0.25) is 13.9 Å². The minimum absolute atomic E-state index is 0.0109. The third-order valence-corrected chi connectivity index (χ3v) is 10.8. The second kappa shape index (κ2) is 15.1. The first kappa shape index (κ1) is 34.9. The molecule has 0 amide bonds. The Bertz CT molecular complexity index is 1480. The second-order valence-electron chi connectivity index (χ2n) is 11.2. The van der Waals surface area contributed by atoms with E-state index >= 15 is 0 Å². The summed E-state index contributed by atoms with van der Waals surface area (Å²) in [5, 5.41) is 28.4. The molecule has 3 heterocycles. The van der Waals surface area contributed by atoms with Crippen LogP contribution in [0.15, 0.2) is 36.7 Å². The van der Waals surface area contributed by atoms with Gasteiger partial charge in [0.2, 0.25) is 5.95 Å². The van der Waals surface area contributed by atoms with Crippen LogP contribution >= 0.6 is 18.2 Å². The number of benzene rings is 1. The van der Waals surface area contributed by atoms with Gasteiger partial charge in [0.05, 0.1) is 19.0 Å². The lowest BCUT2D eigenvalue weighted by molar-refractivity contribution is -0.149. The number of nitrogens with zero attached hydrogens (tertiary/aromatic N) is 4. The zero-order valence-corrected chi connectivity index (χ0v) is 27.7. The summed E-state index contributed by atoms with van der Waals surface area (Å²) >= 11 is 0.730. The van der Waals surface area contributed by atoms with Crippen LogP contribution in [0, 0.1) is 0 Å². The van der Waals surface area contributed by atoms with Gasteiger partial charge in [0.25, 0.3) is 6.57 Å². The number of aromatic nitrogens is 4. The van der Waals surface area contributed by atoms with Gasteiger partial charge in [-0.15, -0.1) is 0 Å². The molecule has 3 aromatic rings. The number of para-hydroxylation sites is 1. The van der Waals surface area contributed by atoms with Gasteiger partial charge in [-0.1, -0.05) is 18.2 Å². The molecule has 0 spiro atoms. The maximum atomic E-state index is 14.0. The highest BCUT2D eigenvalue weighted by molar-refractivity contribution is 8.54. The van der Waals surface area contributed by atoms with Gasteiger partial charge in [-0.05, 0) is 59.2 Å². The number of aliphatic hydroxyl groups is 2. The fourth-order valence-electron chi connectivity index (χ4n) is 4.71. The number of fused-ring (bicyclic) bond motifs is 1. The zero-order chi connectivity index (χ0) is 32.8. The van der Waals surface area contributed by atoms with E-state index in [0.29, 0.717) is 42.1 Å². The van der Waals surface area contributed by atoms with Crippen molar-refractivity contribution in [1.82, 2.24) is 24.8 Å². The summed E-state index contributed by atoms with van der Waals surface area (Å²) in [6.07, 6.45) is -1.12. The molecule has 1 fully saturated rings. The van der Waals surface area contributed by atoms with E-state index in [2.05, 4.69) is 25.6 Å². The van der Waals surface area contributed by atoms with E-state index in [-0.39, 0.29) is 30.8 Å². The first-order valence-corrected chi connectivity index (χ1v) is 17.8. The molecule has 6 N–H and O–H groups in total. The molecule has 6 atom stereocenters. The van der Waals surface area contributed by atoms with Gasteiger partial charge < -0.3 is 44.8 Å². The van der Waals surface area contributed by atoms with Crippen LogP contribution in [0.2, 0.25) is 0 Å². The first-order chi connectivity index (χ1) is 21.3. The number of nitrogens with two attached hydrogens (primary N) is 1. The Morgan fingerprint density at radius 2 is 1.98 bits per heavy atom. The van der Waals surface area contributed by atoms with E-state index in [1.165, 1.54) is 17.8 Å². The SMILES string of the molecule is CNc1nc(N)nc2c1ncn2[C@@H]1O[C@H](COP(=O)(CCCCN[C@@H](C)C(=O)OC(C)C)SOc2ccccc2)[C@@H](O)[C@@]1(C)O. The normalized spacial score (nSPS) is 23.6. The molecular weight excluding hydrogens is 625 g/mol. The highest BCUT2D eigenvalue weighted by atomic mass is 32.7. The van der Waals surface area contributed by atoms with E-state index in [9.17, 15) is 19.6 Å². The fraction of sp³-hybridized carbons (Fsp3) is 0.571. The van der Waals surface area contributed by atoms with Crippen molar-refractivity contribution >= 4 is 47.1 Å². The number of hydrogen-bond acceptors (Lipinski definition) is 15. The zero-order valence-electron chi connectivity index (χ0n) is 26.0. The van der Waals surface area contributed by atoms with Crippen LogP contribution in [0.4, 0.5) is 11.8 Å². The van der Waals surface area contributed by atoms with Crippen molar-refractivity contribution in [3.8, 4) is 5.75 Å². The van der Waals surface area contributed by atoms with Crippen LogP contribution in [0.25, 0.3) is 11.2 Å². The Hall–Kier alpha value is -2.98. The number of carbonyl (C=O) groups excluding carboxylic acids is 1.